The van der Waals surface area contributed by atoms with Gasteiger partial charge in [0.25, 0.3) is 0 Å². The molecule has 0 saturated heterocycles. The minimum Gasteiger partial charge on any atom is -0.399 e. The topological polar surface area (TPSA) is 54.7 Å². The summed E-state index contributed by atoms with van der Waals surface area (Å²) in [7, 11) is 0. The van der Waals surface area contributed by atoms with Gasteiger partial charge in [-0.25, -0.2) is 4.98 Å². The average Bonchev–Trinajstić information content (AvgIpc) is 2.83. The van der Waals surface area contributed by atoms with Crippen LogP contribution < -0.4 is 5.73 Å². The molecule has 102 valence electrons. The number of fused-ring (bicyclic) bond motifs is 1. The predicted octanol–water partition coefficient (Wildman–Crippen LogP) is 3.89. The van der Waals surface area contributed by atoms with E-state index >= 15 is 0 Å². The molecule has 3 nitrogen and oxygen atoms in total. The molecule has 0 unspecified atom stereocenters. The Labute approximate surface area is 122 Å². The number of thioether (sulfide) groups is 1. The minimum atomic E-state index is 0.764. The Morgan fingerprint density at radius 2 is 2.00 bits per heavy atom. The average molecular weight is 283 g/mol. The Morgan fingerprint density at radius 1 is 1.15 bits per heavy atom. The van der Waals surface area contributed by atoms with E-state index in [-0.39, 0.29) is 0 Å². The van der Waals surface area contributed by atoms with Crippen molar-refractivity contribution in [1.29, 1.82) is 0 Å². The van der Waals surface area contributed by atoms with E-state index in [2.05, 4.69) is 41.2 Å². The summed E-state index contributed by atoms with van der Waals surface area (Å²) < 4.78 is 0. The van der Waals surface area contributed by atoms with Crippen molar-refractivity contribution in [2.75, 3.05) is 5.73 Å². The standard InChI is InChI=1S/C16H17N3S/c1-11-4-2-3-5-12(11)9-20-10-16-18-14-7-6-13(17)8-15(14)19-16/h2-8H,9-10,17H2,1H3,(H,18,19). The number of hydrogen-bond acceptors (Lipinski definition) is 3. The van der Waals surface area contributed by atoms with Gasteiger partial charge < -0.3 is 10.7 Å². The number of aromatic amines is 1. The van der Waals surface area contributed by atoms with E-state index in [1.165, 1.54) is 11.1 Å². The predicted molar refractivity (Wildman–Crippen MR) is 86.7 cm³/mol. The maximum atomic E-state index is 5.77. The van der Waals surface area contributed by atoms with Crippen LogP contribution in [0, 0.1) is 6.92 Å². The Hall–Kier alpha value is -1.94. The van der Waals surface area contributed by atoms with Crippen molar-refractivity contribution >= 4 is 28.5 Å². The lowest BCUT2D eigenvalue weighted by molar-refractivity contribution is 1.14. The van der Waals surface area contributed by atoms with E-state index in [4.69, 9.17) is 5.73 Å². The van der Waals surface area contributed by atoms with Crippen LogP contribution in [0.2, 0.25) is 0 Å². The monoisotopic (exact) mass is 283 g/mol. The lowest BCUT2D eigenvalue weighted by Crippen LogP contribution is -1.88. The summed E-state index contributed by atoms with van der Waals surface area (Å²) in [4.78, 5) is 7.90. The smallest absolute Gasteiger partial charge is 0.117 e. The molecular formula is C16H17N3S. The van der Waals surface area contributed by atoms with Crippen molar-refractivity contribution in [3.8, 4) is 0 Å². The number of aryl methyl sites for hydroxylation is 1. The summed E-state index contributed by atoms with van der Waals surface area (Å²) in [6, 6.07) is 14.3. The second kappa shape index (κ2) is 5.59. The zero-order valence-corrected chi connectivity index (χ0v) is 12.2. The molecule has 4 heteroatoms. The lowest BCUT2D eigenvalue weighted by Gasteiger charge is -2.03. The number of anilines is 1. The quantitative estimate of drug-likeness (QED) is 0.714. The van der Waals surface area contributed by atoms with E-state index < -0.39 is 0 Å². The van der Waals surface area contributed by atoms with Crippen molar-refractivity contribution in [1.82, 2.24) is 9.97 Å². The first kappa shape index (κ1) is 13.1. The van der Waals surface area contributed by atoms with E-state index in [1.54, 1.807) is 0 Å². The fourth-order valence-corrected chi connectivity index (χ4v) is 3.15. The van der Waals surface area contributed by atoms with Gasteiger partial charge in [0.15, 0.2) is 0 Å². The molecule has 0 aliphatic heterocycles. The summed E-state index contributed by atoms with van der Waals surface area (Å²) >= 11 is 1.87. The minimum absolute atomic E-state index is 0.764. The Morgan fingerprint density at radius 3 is 2.85 bits per heavy atom. The van der Waals surface area contributed by atoms with Crippen LogP contribution in [0.15, 0.2) is 42.5 Å². The van der Waals surface area contributed by atoms with Crippen LogP contribution in [0.4, 0.5) is 5.69 Å². The first-order valence-electron chi connectivity index (χ1n) is 6.59. The van der Waals surface area contributed by atoms with Crippen molar-refractivity contribution in [3.63, 3.8) is 0 Å². The number of H-pyrrole nitrogens is 1. The number of nitrogens with one attached hydrogen (secondary N) is 1. The molecular weight excluding hydrogens is 266 g/mol. The molecule has 0 saturated carbocycles. The maximum Gasteiger partial charge on any atom is 0.117 e. The van der Waals surface area contributed by atoms with Gasteiger partial charge in [0, 0.05) is 11.4 Å². The van der Waals surface area contributed by atoms with Crippen LogP contribution in [0.3, 0.4) is 0 Å². The number of nitrogen functional groups attached to an aromatic ring is 1. The second-order valence-corrected chi connectivity index (χ2v) is 5.86. The molecule has 0 amide bonds. The third-order valence-electron chi connectivity index (χ3n) is 3.31. The number of hydrogen-bond donors (Lipinski definition) is 2. The molecule has 0 spiro atoms. The molecule has 20 heavy (non-hydrogen) atoms. The van der Waals surface area contributed by atoms with Crippen molar-refractivity contribution < 1.29 is 0 Å². The van der Waals surface area contributed by atoms with Gasteiger partial charge in [-0.3, -0.25) is 0 Å². The van der Waals surface area contributed by atoms with E-state index in [0.717, 1.165) is 34.1 Å². The van der Waals surface area contributed by atoms with Gasteiger partial charge in [-0.1, -0.05) is 24.3 Å². The van der Waals surface area contributed by atoms with Gasteiger partial charge in [0.1, 0.15) is 5.82 Å². The third kappa shape index (κ3) is 2.80. The number of imidazole rings is 1. The number of nitrogens with two attached hydrogens (primary N) is 1. The molecule has 0 aliphatic carbocycles. The fourth-order valence-electron chi connectivity index (χ4n) is 2.18. The molecule has 0 bridgehead atoms. The highest BCUT2D eigenvalue weighted by Gasteiger charge is 2.04. The SMILES string of the molecule is Cc1ccccc1CSCc1nc2ccc(N)cc2[nH]1. The lowest BCUT2D eigenvalue weighted by atomic mass is 10.1. The Bertz CT molecular complexity index is 733. The summed E-state index contributed by atoms with van der Waals surface area (Å²) in [6.07, 6.45) is 0. The van der Waals surface area contributed by atoms with Gasteiger partial charge in [-0.2, -0.15) is 0 Å². The molecule has 3 N–H and O–H groups in total. The fraction of sp³-hybridized carbons (Fsp3) is 0.188. The van der Waals surface area contributed by atoms with Crippen LogP contribution in [-0.2, 0) is 11.5 Å². The van der Waals surface area contributed by atoms with Gasteiger partial charge in [-0.15, -0.1) is 11.8 Å². The summed E-state index contributed by atoms with van der Waals surface area (Å²) in [5, 5.41) is 0. The molecule has 0 aliphatic rings. The molecule has 1 heterocycles. The highest BCUT2D eigenvalue weighted by Crippen LogP contribution is 2.21. The van der Waals surface area contributed by atoms with Gasteiger partial charge in [0.05, 0.1) is 16.8 Å². The second-order valence-electron chi connectivity index (χ2n) is 4.88. The van der Waals surface area contributed by atoms with Gasteiger partial charge in [-0.05, 0) is 36.2 Å². The normalized spacial score (nSPS) is 11.1. The number of nitrogens with zero attached hydrogens (tertiary/aromatic N) is 1. The van der Waals surface area contributed by atoms with Crippen LogP contribution in [0.5, 0.6) is 0 Å². The van der Waals surface area contributed by atoms with Crippen LogP contribution >= 0.6 is 11.8 Å². The largest absolute Gasteiger partial charge is 0.399 e. The zero-order valence-electron chi connectivity index (χ0n) is 11.4. The maximum absolute atomic E-state index is 5.77. The summed E-state index contributed by atoms with van der Waals surface area (Å²) in [5.74, 6) is 2.89. The molecule has 3 rings (SSSR count). The number of rotatable bonds is 4. The molecule has 1 aromatic heterocycles. The van der Waals surface area contributed by atoms with E-state index in [9.17, 15) is 0 Å². The van der Waals surface area contributed by atoms with E-state index in [1.807, 2.05) is 30.0 Å². The molecule has 3 aromatic rings. The molecule has 0 fully saturated rings. The molecule has 2 aromatic carbocycles. The van der Waals surface area contributed by atoms with Gasteiger partial charge >= 0.3 is 0 Å². The first-order valence-corrected chi connectivity index (χ1v) is 7.74. The highest BCUT2D eigenvalue weighted by molar-refractivity contribution is 7.97. The summed E-state index contributed by atoms with van der Waals surface area (Å²) in [5.41, 5.74) is 11.3. The Balaban J connectivity index is 1.67. The first-order chi connectivity index (χ1) is 9.72. The van der Waals surface area contributed by atoms with Crippen LogP contribution in [0.25, 0.3) is 11.0 Å². The highest BCUT2D eigenvalue weighted by atomic mass is 32.2. The molecule has 0 radical (unpaired) electrons. The Kier molecular flexibility index (Phi) is 3.65. The summed E-state index contributed by atoms with van der Waals surface area (Å²) in [6.45, 7) is 2.15. The number of benzene rings is 2. The van der Waals surface area contributed by atoms with Gasteiger partial charge in [0.2, 0.25) is 0 Å². The molecule has 0 atom stereocenters. The van der Waals surface area contributed by atoms with E-state index in [0.29, 0.717) is 0 Å². The zero-order chi connectivity index (χ0) is 13.9. The van der Waals surface area contributed by atoms with Crippen LogP contribution in [0.1, 0.15) is 17.0 Å². The number of aromatic nitrogens is 2. The third-order valence-corrected chi connectivity index (χ3v) is 4.31. The van der Waals surface area contributed by atoms with Crippen molar-refractivity contribution in [2.45, 2.75) is 18.4 Å². The van der Waals surface area contributed by atoms with Crippen LogP contribution in [-0.4, -0.2) is 9.97 Å². The van der Waals surface area contributed by atoms with Crippen molar-refractivity contribution in [2.24, 2.45) is 0 Å². The van der Waals surface area contributed by atoms with Crippen molar-refractivity contribution in [3.05, 3.63) is 59.4 Å².